The average Bonchev–Trinajstić information content (AvgIpc) is 3.02. The second kappa shape index (κ2) is 6.29. The molecule has 0 fully saturated rings. The summed E-state index contributed by atoms with van der Waals surface area (Å²) in [5, 5.41) is 3.04. The van der Waals surface area contributed by atoms with Crippen LogP contribution in [0.15, 0.2) is 42.5 Å². The fraction of sp³-hybridized carbons (Fsp3) is 0.350. The first-order chi connectivity index (χ1) is 11.7. The van der Waals surface area contributed by atoms with E-state index in [0.29, 0.717) is 13.1 Å². The minimum atomic E-state index is 0.0110. The van der Waals surface area contributed by atoms with E-state index >= 15 is 0 Å². The van der Waals surface area contributed by atoms with Gasteiger partial charge in [-0.15, -0.1) is 0 Å². The molecule has 4 heteroatoms. The zero-order chi connectivity index (χ0) is 16.5. The van der Waals surface area contributed by atoms with E-state index in [1.807, 2.05) is 18.2 Å². The molecule has 1 amide bonds. The largest absolute Gasteiger partial charge is 0.360 e. The third kappa shape index (κ3) is 3.02. The number of nitrogens with two attached hydrogens (primary N) is 1. The SMILES string of the molecule is NC1Cc2ccccc2N(CC(=O)Nc2ccc3c(c2)CCC3)C1. The topological polar surface area (TPSA) is 58.4 Å². The average molecular weight is 321 g/mol. The molecule has 1 heterocycles. The molecular formula is C20H23N3O. The Morgan fingerprint density at radius 1 is 1.12 bits per heavy atom. The van der Waals surface area contributed by atoms with Gasteiger partial charge in [-0.3, -0.25) is 4.79 Å². The summed E-state index contributed by atoms with van der Waals surface area (Å²) in [7, 11) is 0. The molecule has 0 radical (unpaired) electrons. The summed E-state index contributed by atoms with van der Waals surface area (Å²) in [4.78, 5) is 14.6. The van der Waals surface area contributed by atoms with Gasteiger partial charge in [-0.05, 0) is 60.6 Å². The first-order valence-corrected chi connectivity index (χ1v) is 8.69. The van der Waals surface area contributed by atoms with Crippen LogP contribution < -0.4 is 16.0 Å². The molecule has 4 rings (SSSR count). The van der Waals surface area contributed by atoms with Gasteiger partial charge in [0.15, 0.2) is 0 Å². The number of carbonyl (C=O) groups is 1. The van der Waals surface area contributed by atoms with E-state index in [0.717, 1.165) is 30.6 Å². The van der Waals surface area contributed by atoms with Crippen molar-refractivity contribution < 1.29 is 4.79 Å². The number of rotatable bonds is 3. The minimum absolute atomic E-state index is 0.0110. The van der Waals surface area contributed by atoms with Crippen LogP contribution in [0.25, 0.3) is 0 Å². The van der Waals surface area contributed by atoms with Crippen LogP contribution in [-0.2, 0) is 24.1 Å². The Kier molecular flexibility index (Phi) is 3.98. The molecule has 24 heavy (non-hydrogen) atoms. The Morgan fingerprint density at radius 2 is 1.96 bits per heavy atom. The monoisotopic (exact) mass is 321 g/mol. The summed E-state index contributed by atoms with van der Waals surface area (Å²) in [5.41, 5.74) is 12.2. The lowest BCUT2D eigenvalue weighted by molar-refractivity contribution is -0.115. The maximum Gasteiger partial charge on any atom is 0.243 e. The first-order valence-electron chi connectivity index (χ1n) is 8.69. The molecule has 0 bridgehead atoms. The van der Waals surface area contributed by atoms with Gasteiger partial charge in [0.05, 0.1) is 6.54 Å². The highest BCUT2D eigenvalue weighted by Crippen LogP contribution is 2.27. The third-order valence-electron chi connectivity index (χ3n) is 4.99. The van der Waals surface area contributed by atoms with Crippen LogP contribution in [0.1, 0.15) is 23.1 Å². The van der Waals surface area contributed by atoms with Crippen molar-refractivity contribution >= 4 is 17.3 Å². The number of aryl methyl sites for hydroxylation is 2. The molecule has 1 aliphatic heterocycles. The Morgan fingerprint density at radius 3 is 2.88 bits per heavy atom. The van der Waals surface area contributed by atoms with Crippen molar-refractivity contribution in [1.82, 2.24) is 0 Å². The van der Waals surface area contributed by atoms with Gasteiger partial charge in [0.2, 0.25) is 5.91 Å². The van der Waals surface area contributed by atoms with Crippen molar-refractivity contribution in [2.75, 3.05) is 23.3 Å². The summed E-state index contributed by atoms with van der Waals surface area (Å²) in [6.07, 6.45) is 4.37. The summed E-state index contributed by atoms with van der Waals surface area (Å²) >= 11 is 0. The van der Waals surface area contributed by atoms with E-state index in [4.69, 9.17) is 5.73 Å². The lowest BCUT2D eigenvalue weighted by atomic mass is 9.98. The smallest absolute Gasteiger partial charge is 0.243 e. The van der Waals surface area contributed by atoms with Crippen LogP contribution in [0.3, 0.4) is 0 Å². The van der Waals surface area contributed by atoms with Crippen LogP contribution in [-0.4, -0.2) is 25.0 Å². The number of para-hydroxylation sites is 1. The van der Waals surface area contributed by atoms with Crippen LogP contribution >= 0.6 is 0 Å². The van der Waals surface area contributed by atoms with Crippen molar-refractivity contribution in [2.45, 2.75) is 31.7 Å². The van der Waals surface area contributed by atoms with Crippen molar-refractivity contribution in [1.29, 1.82) is 0 Å². The number of nitrogens with zero attached hydrogens (tertiary/aromatic N) is 1. The highest BCUT2D eigenvalue weighted by atomic mass is 16.2. The number of hydrogen-bond donors (Lipinski definition) is 2. The van der Waals surface area contributed by atoms with Gasteiger partial charge >= 0.3 is 0 Å². The summed E-state index contributed by atoms with van der Waals surface area (Å²) in [6, 6.07) is 14.6. The number of nitrogens with one attached hydrogen (secondary N) is 1. The van der Waals surface area contributed by atoms with Gasteiger partial charge in [-0.1, -0.05) is 24.3 Å². The molecule has 1 unspecified atom stereocenters. The van der Waals surface area contributed by atoms with Gasteiger partial charge in [-0.2, -0.15) is 0 Å². The van der Waals surface area contributed by atoms with Gasteiger partial charge in [-0.25, -0.2) is 0 Å². The lowest BCUT2D eigenvalue weighted by Gasteiger charge is -2.34. The van der Waals surface area contributed by atoms with E-state index < -0.39 is 0 Å². The van der Waals surface area contributed by atoms with Crippen LogP contribution in [0.2, 0.25) is 0 Å². The van der Waals surface area contributed by atoms with E-state index in [1.165, 1.54) is 23.1 Å². The lowest BCUT2D eigenvalue weighted by Crippen LogP contribution is -2.46. The van der Waals surface area contributed by atoms with E-state index in [2.05, 4.69) is 34.5 Å². The van der Waals surface area contributed by atoms with Gasteiger partial charge in [0.25, 0.3) is 0 Å². The Balaban J connectivity index is 1.46. The molecule has 3 N–H and O–H groups in total. The molecule has 1 atom stereocenters. The van der Waals surface area contributed by atoms with Crippen molar-refractivity contribution in [3.63, 3.8) is 0 Å². The molecule has 2 aromatic rings. The van der Waals surface area contributed by atoms with Crippen LogP contribution in [0.4, 0.5) is 11.4 Å². The van der Waals surface area contributed by atoms with Crippen molar-refractivity contribution in [3.8, 4) is 0 Å². The molecule has 0 aromatic heterocycles. The van der Waals surface area contributed by atoms with Gasteiger partial charge < -0.3 is 16.0 Å². The molecule has 1 aliphatic carbocycles. The maximum absolute atomic E-state index is 12.5. The minimum Gasteiger partial charge on any atom is -0.360 e. The number of fused-ring (bicyclic) bond motifs is 2. The molecule has 0 saturated carbocycles. The standard InChI is InChI=1S/C20H23N3O/c21-17-10-16-4-1-2-7-19(16)23(12-17)13-20(24)22-18-9-8-14-5-3-6-15(14)11-18/h1-2,4,7-9,11,17H,3,5-6,10,12-13,21H2,(H,22,24). The zero-order valence-electron chi connectivity index (χ0n) is 13.8. The second-order valence-electron chi connectivity index (χ2n) is 6.86. The maximum atomic E-state index is 12.5. The third-order valence-corrected chi connectivity index (χ3v) is 4.99. The second-order valence-corrected chi connectivity index (χ2v) is 6.86. The molecule has 0 spiro atoms. The van der Waals surface area contributed by atoms with Gasteiger partial charge in [0, 0.05) is 24.0 Å². The predicted octanol–water partition coefficient (Wildman–Crippen LogP) is 2.50. The summed E-state index contributed by atoms with van der Waals surface area (Å²) in [6.45, 7) is 1.05. The molecule has 2 aliphatic rings. The zero-order valence-corrected chi connectivity index (χ0v) is 13.8. The summed E-state index contributed by atoms with van der Waals surface area (Å²) < 4.78 is 0. The van der Waals surface area contributed by atoms with E-state index in [1.54, 1.807) is 0 Å². The van der Waals surface area contributed by atoms with Crippen LogP contribution in [0.5, 0.6) is 0 Å². The Bertz CT molecular complexity index is 771. The fourth-order valence-corrected chi connectivity index (χ4v) is 3.89. The number of amides is 1. The Hall–Kier alpha value is -2.33. The van der Waals surface area contributed by atoms with Crippen molar-refractivity contribution in [3.05, 3.63) is 59.2 Å². The Labute approximate surface area is 142 Å². The first kappa shape index (κ1) is 15.2. The molecule has 0 saturated heterocycles. The fourth-order valence-electron chi connectivity index (χ4n) is 3.89. The molecule has 2 aromatic carbocycles. The predicted molar refractivity (Wildman–Crippen MR) is 97.4 cm³/mol. The molecular weight excluding hydrogens is 298 g/mol. The van der Waals surface area contributed by atoms with E-state index in [-0.39, 0.29) is 11.9 Å². The van der Waals surface area contributed by atoms with Gasteiger partial charge in [0.1, 0.15) is 0 Å². The van der Waals surface area contributed by atoms with E-state index in [9.17, 15) is 4.79 Å². The molecule has 124 valence electrons. The quantitative estimate of drug-likeness (QED) is 0.913. The number of carbonyl (C=O) groups excluding carboxylic acids is 1. The highest BCUT2D eigenvalue weighted by molar-refractivity contribution is 5.94. The summed E-state index contributed by atoms with van der Waals surface area (Å²) in [5.74, 6) is 0.0110. The normalized spacial score (nSPS) is 18.9. The number of benzene rings is 2. The number of hydrogen-bond acceptors (Lipinski definition) is 3. The highest BCUT2D eigenvalue weighted by Gasteiger charge is 2.23. The number of anilines is 2. The van der Waals surface area contributed by atoms with Crippen molar-refractivity contribution in [2.24, 2.45) is 5.73 Å². The molecule has 4 nitrogen and oxygen atoms in total. The van der Waals surface area contributed by atoms with Crippen LogP contribution in [0, 0.1) is 0 Å².